The molecule has 0 saturated carbocycles. The van der Waals surface area contributed by atoms with E-state index >= 15 is 0 Å². The van der Waals surface area contributed by atoms with E-state index in [1.165, 1.54) is 16.7 Å². The lowest BCUT2D eigenvalue weighted by Crippen LogP contribution is -2.31. The van der Waals surface area contributed by atoms with Gasteiger partial charge in [-0.25, -0.2) is 4.90 Å². The largest absolute Gasteiger partial charge is 0.274 e. The van der Waals surface area contributed by atoms with Gasteiger partial charge in [-0.3, -0.25) is 9.59 Å². The Balaban J connectivity index is 1.85. The molecule has 0 spiro atoms. The second-order valence-electron chi connectivity index (χ2n) is 4.82. The van der Waals surface area contributed by atoms with Gasteiger partial charge in [-0.15, -0.1) is 11.8 Å². The molecule has 1 atom stereocenters. The van der Waals surface area contributed by atoms with E-state index in [1.807, 2.05) is 30.3 Å². The number of amides is 2. The molecule has 1 heterocycles. The van der Waals surface area contributed by atoms with Gasteiger partial charge in [-0.2, -0.15) is 0 Å². The van der Waals surface area contributed by atoms with Crippen molar-refractivity contribution < 1.29 is 9.59 Å². The Morgan fingerprint density at radius 2 is 1.64 bits per heavy atom. The third-order valence-corrected chi connectivity index (χ3v) is 4.87. The molecule has 0 aliphatic carbocycles. The molecule has 6 heteroatoms. The van der Waals surface area contributed by atoms with Crippen LogP contribution in [-0.2, 0) is 9.59 Å². The first-order valence-corrected chi connectivity index (χ1v) is 8.23. The number of benzene rings is 2. The van der Waals surface area contributed by atoms with E-state index in [1.54, 1.807) is 18.2 Å². The lowest BCUT2D eigenvalue weighted by Gasteiger charge is -2.15. The van der Waals surface area contributed by atoms with Crippen LogP contribution in [0.4, 0.5) is 5.69 Å². The predicted octanol–water partition coefficient (Wildman–Crippen LogP) is 4.42. The zero-order chi connectivity index (χ0) is 15.7. The molecule has 112 valence electrons. The van der Waals surface area contributed by atoms with Crippen molar-refractivity contribution in [2.75, 3.05) is 4.90 Å². The first-order valence-electron chi connectivity index (χ1n) is 6.59. The Kier molecular flexibility index (Phi) is 4.43. The fourth-order valence-electron chi connectivity index (χ4n) is 2.30. The number of nitrogens with zero attached hydrogens (tertiary/aromatic N) is 1. The monoisotopic (exact) mass is 351 g/mol. The van der Waals surface area contributed by atoms with E-state index < -0.39 is 5.25 Å². The number of imide groups is 1. The number of carbonyl (C=O) groups excluding carboxylic acids is 2. The zero-order valence-electron chi connectivity index (χ0n) is 11.3. The fraction of sp³-hybridized carbons (Fsp3) is 0.125. The van der Waals surface area contributed by atoms with Crippen LogP contribution in [0.5, 0.6) is 0 Å². The number of hydrogen-bond donors (Lipinski definition) is 0. The maximum Gasteiger partial charge on any atom is 0.247 e. The van der Waals surface area contributed by atoms with Gasteiger partial charge in [0.2, 0.25) is 11.8 Å². The van der Waals surface area contributed by atoms with E-state index in [0.29, 0.717) is 15.7 Å². The minimum atomic E-state index is -0.423. The van der Waals surface area contributed by atoms with Crippen LogP contribution in [0, 0.1) is 0 Å². The Labute approximate surface area is 142 Å². The first kappa shape index (κ1) is 15.4. The molecule has 22 heavy (non-hydrogen) atoms. The second kappa shape index (κ2) is 6.32. The molecule has 1 fully saturated rings. The topological polar surface area (TPSA) is 37.4 Å². The lowest BCUT2D eigenvalue weighted by molar-refractivity contribution is -0.121. The van der Waals surface area contributed by atoms with Crippen molar-refractivity contribution in [3.05, 3.63) is 58.6 Å². The predicted molar refractivity (Wildman–Crippen MR) is 89.7 cm³/mol. The molecule has 1 aliphatic heterocycles. The molecule has 1 saturated heterocycles. The highest BCUT2D eigenvalue weighted by Gasteiger charge is 2.40. The summed E-state index contributed by atoms with van der Waals surface area (Å²) in [5, 5.41) is 0.359. The maximum atomic E-state index is 12.5. The van der Waals surface area contributed by atoms with E-state index in [-0.39, 0.29) is 18.2 Å². The Morgan fingerprint density at radius 1 is 1.00 bits per heavy atom. The van der Waals surface area contributed by atoms with Gasteiger partial charge in [0.05, 0.1) is 10.9 Å². The summed E-state index contributed by atoms with van der Waals surface area (Å²) in [4.78, 5) is 26.9. The van der Waals surface area contributed by atoms with E-state index in [2.05, 4.69) is 0 Å². The highest BCUT2D eigenvalue weighted by Crippen LogP contribution is 2.35. The molecule has 3 nitrogen and oxygen atoms in total. The van der Waals surface area contributed by atoms with E-state index in [0.717, 1.165) is 4.90 Å². The van der Waals surface area contributed by atoms with Crippen molar-refractivity contribution in [3.8, 4) is 0 Å². The maximum absolute atomic E-state index is 12.5. The summed E-state index contributed by atoms with van der Waals surface area (Å²) in [5.74, 6) is -0.478. The van der Waals surface area contributed by atoms with Crippen molar-refractivity contribution in [2.45, 2.75) is 16.6 Å². The van der Waals surface area contributed by atoms with Gasteiger partial charge >= 0.3 is 0 Å². The highest BCUT2D eigenvalue weighted by atomic mass is 35.5. The number of anilines is 1. The highest BCUT2D eigenvalue weighted by molar-refractivity contribution is 8.00. The summed E-state index contributed by atoms with van der Waals surface area (Å²) in [6.45, 7) is 0. The summed E-state index contributed by atoms with van der Waals surface area (Å²) in [5.41, 5.74) is 0.420. The quantitative estimate of drug-likeness (QED) is 0.768. The first-order chi connectivity index (χ1) is 10.5. The molecule has 0 unspecified atom stereocenters. The summed E-state index contributed by atoms with van der Waals surface area (Å²) < 4.78 is 0. The van der Waals surface area contributed by atoms with Crippen LogP contribution in [0.1, 0.15) is 6.42 Å². The SMILES string of the molecule is O=C1C[C@@H](Sc2ccccc2)C(=O)N1c1cc(Cl)cc(Cl)c1. The Morgan fingerprint density at radius 3 is 2.27 bits per heavy atom. The Bertz CT molecular complexity index is 716. The van der Waals surface area contributed by atoms with Gasteiger partial charge in [0.15, 0.2) is 0 Å². The molecule has 0 aromatic heterocycles. The van der Waals surface area contributed by atoms with Gasteiger partial charge < -0.3 is 0 Å². The zero-order valence-corrected chi connectivity index (χ0v) is 13.7. The number of rotatable bonds is 3. The average molecular weight is 352 g/mol. The third-order valence-electron chi connectivity index (χ3n) is 3.23. The van der Waals surface area contributed by atoms with Crippen molar-refractivity contribution in [1.82, 2.24) is 0 Å². The summed E-state index contributed by atoms with van der Waals surface area (Å²) >= 11 is 13.3. The van der Waals surface area contributed by atoms with Gasteiger partial charge in [0.25, 0.3) is 0 Å². The molecule has 1 aliphatic rings. The van der Waals surface area contributed by atoms with Gasteiger partial charge in [-0.05, 0) is 30.3 Å². The number of thioether (sulfide) groups is 1. The molecule has 0 N–H and O–H groups in total. The van der Waals surface area contributed by atoms with Crippen molar-refractivity contribution in [1.29, 1.82) is 0 Å². The third kappa shape index (κ3) is 3.14. The molecular formula is C16H11Cl2NO2S. The van der Waals surface area contributed by atoms with Crippen LogP contribution in [-0.4, -0.2) is 17.1 Å². The van der Waals surface area contributed by atoms with Gasteiger partial charge in [0, 0.05) is 21.4 Å². The number of carbonyl (C=O) groups is 2. The van der Waals surface area contributed by atoms with Gasteiger partial charge in [0.1, 0.15) is 0 Å². The lowest BCUT2D eigenvalue weighted by atomic mass is 10.3. The van der Waals surface area contributed by atoms with Crippen LogP contribution in [0.3, 0.4) is 0 Å². The minimum absolute atomic E-state index is 0.169. The molecule has 0 radical (unpaired) electrons. The number of halogens is 2. The average Bonchev–Trinajstić information content (AvgIpc) is 2.73. The van der Waals surface area contributed by atoms with Gasteiger partial charge in [-0.1, -0.05) is 41.4 Å². The van der Waals surface area contributed by atoms with E-state index in [9.17, 15) is 9.59 Å². The van der Waals surface area contributed by atoms with Crippen molar-refractivity contribution in [2.24, 2.45) is 0 Å². The van der Waals surface area contributed by atoms with Crippen LogP contribution in [0.15, 0.2) is 53.4 Å². The summed E-state index contributed by atoms with van der Waals surface area (Å²) in [6.07, 6.45) is 0.169. The van der Waals surface area contributed by atoms with Crippen molar-refractivity contribution >= 4 is 52.5 Å². The Hall–Kier alpha value is -1.49. The number of hydrogen-bond acceptors (Lipinski definition) is 3. The molecular weight excluding hydrogens is 341 g/mol. The van der Waals surface area contributed by atoms with Crippen LogP contribution in [0.25, 0.3) is 0 Å². The molecule has 2 aromatic carbocycles. The summed E-state index contributed by atoms with van der Waals surface area (Å²) in [7, 11) is 0. The molecule has 3 rings (SSSR count). The summed E-state index contributed by atoms with van der Waals surface area (Å²) in [6, 6.07) is 14.2. The second-order valence-corrected chi connectivity index (χ2v) is 6.97. The normalized spacial score (nSPS) is 18.1. The van der Waals surface area contributed by atoms with Crippen LogP contribution in [0.2, 0.25) is 10.0 Å². The minimum Gasteiger partial charge on any atom is -0.274 e. The van der Waals surface area contributed by atoms with Crippen molar-refractivity contribution in [3.63, 3.8) is 0 Å². The smallest absolute Gasteiger partial charge is 0.247 e. The fourth-order valence-corrected chi connectivity index (χ4v) is 3.89. The molecule has 2 amide bonds. The molecule has 2 aromatic rings. The van der Waals surface area contributed by atoms with E-state index in [4.69, 9.17) is 23.2 Å². The molecule has 0 bridgehead atoms. The van der Waals surface area contributed by atoms with Crippen LogP contribution < -0.4 is 4.90 Å². The van der Waals surface area contributed by atoms with Crippen LogP contribution >= 0.6 is 35.0 Å². The standard InChI is InChI=1S/C16H11Cl2NO2S/c17-10-6-11(18)8-12(7-10)19-15(20)9-14(16(19)21)22-13-4-2-1-3-5-13/h1-8,14H,9H2/t14-/m1/s1.